The quantitative estimate of drug-likeness (QED) is 0.599. The van der Waals surface area contributed by atoms with E-state index in [2.05, 4.69) is 16.1 Å². The predicted molar refractivity (Wildman–Crippen MR) is 128 cm³/mol. The van der Waals surface area contributed by atoms with E-state index in [9.17, 15) is 14.7 Å². The molecule has 0 saturated carbocycles. The first-order valence-corrected chi connectivity index (χ1v) is 11.9. The molecule has 2 aliphatic rings. The maximum atomic E-state index is 12.4. The molecule has 2 aliphatic heterocycles. The van der Waals surface area contributed by atoms with E-state index < -0.39 is 17.6 Å². The zero-order chi connectivity index (χ0) is 23.8. The van der Waals surface area contributed by atoms with Gasteiger partial charge in [-0.15, -0.1) is 0 Å². The Morgan fingerprint density at radius 3 is 2.39 bits per heavy atom. The number of ether oxygens (including phenoxy) is 1. The molecule has 33 heavy (non-hydrogen) atoms. The molecule has 1 atom stereocenters. The van der Waals surface area contributed by atoms with E-state index in [1.54, 1.807) is 4.90 Å². The van der Waals surface area contributed by atoms with Gasteiger partial charge in [-0.1, -0.05) is 0 Å². The zero-order valence-corrected chi connectivity index (χ0v) is 19.8. The highest BCUT2D eigenvalue weighted by Crippen LogP contribution is 2.36. The molecule has 4 N–H and O–H groups in total. The molecule has 1 unspecified atom stereocenters. The fraction of sp³-hybridized carbons (Fsp3) is 0.600. The van der Waals surface area contributed by atoms with Crippen LogP contribution >= 0.6 is 0 Å². The summed E-state index contributed by atoms with van der Waals surface area (Å²) in [6.07, 6.45) is 4.96. The Balaban J connectivity index is 1.37. The number of likely N-dealkylation sites (tertiary alicyclic amines) is 2. The maximum Gasteiger partial charge on any atom is 0.410 e. The fourth-order valence-corrected chi connectivity index (χ4v) is 5.37. The summed E-state index contributed by atoms with van der Waals surface area (Å²) in [6, 6.07) is 5.42. The van der Waals surface area contributed by atoms with Gasteiger partial charge in [0.1, 0.15) is 11.6 Å². The van der Waals surface area contributed by atoms with Crippen molar-refractivity contribution in [2.75, 3.05) is 31.9 Å². The third-order valence-corrected chi connectivity index (χ3v) is 6.99. The van der Waals surface area contributed by atoms with Crippen molar-refractivity contribution in [1.82, 2.24) is 14.8 Å². The van der Waals surface area contributed by atoms with E-state index in [-0.39, 0.29) is 12.0 Å². The number of H-pyrrole nitrogens is 1. The van der Waals surface area contributed by atoms with Gasteiger partial charge in [0.25, 0.3) is 0 Å². The van der Waals surface area contributed by atoms with E-state index >= 15 is 0 Å². The number of fused-ring (bicyclic) bond motifs is 1. The SMILES string of the molecule is CC(C)(C)OC(=O)N1CCC(C(C(=O)O)N2CCC(c3c[nH]c4ccc(N)cc34)CC2)CC1. The number of rotatable bonds is 4. The summed E-state index contributed by atoms with van der Waals surface area (Å²) >= 11 is 0. The number of piperidine rings is 2. The largest absolute Gasteiger partial charge is 0.480 e. The van der Waals surface area contributed by atoms with Gasteiger partial charge in [-0.2, -0.15) is 0 Å². The van der Waals surface area contributed by atoms with Crippen molar-refractivity contribution >= 4 is 28.7 Å². The number of aromatic nitrogens is 1. The van der Waals surface area contributed by atoms with Crippen molar-refractivity contribution in [1.29, 1.82) is 0 Å². The number of carboxylic acids is 1. The van der Waals surface area contributed by atoms with E-state index in [0.717, 1.165) is 42.5 Å². The molecule has 2 saturated heterocycles. The van der Waals surface area contributed by atoms with Crippen LogP contribution < -0.4 is 5.73 Å². The van der Waals surface area contributed by atoms with Crippen LogP contribution in [-0.2, 0) is 9.53 Å². The molecule has 0 radical (unpaired) electrons. The number of benzene rings is 1. The molecule has 0 bridgehead atoms. The molecule has 1 amide bonds. The van der Waals surface area contributed by atoms with Gasteiger partial charge >= 0.3 is 12.1 Å². The van der Waals surface area contributed by atoms with Crippen LogP contribution in [0.2, 0.25) is 0 Å². The number of carbonyl (C=O) groups excluding carboxylic acids is 1. The highest BCUT2D eigenvalue weighted by Gasteiger charge is 2.39. The maximum absolute atomic E-state index is 12.4. The highest BCUT2D eigenvalue weighted by atomic mass is 16.6. The minimum Gasteiger partial charge on any atom is -0.480 e. The predicted octanol–water partition coefficient (Wildman–Crippen LogP) is 4.03. The van der Waals surface area contributed by atoms with Crippen molar-refractivity contribution in [3.8, 4) is 0 Å². The van der Waals surface area contributed by atoms with Gasteiger partial charge in [0.2, 0.25) is 0 Å². The summed E-state index contributed by atoms with van der Waals surface area (Å²) in [5, 5.41) is 11.2. The zero-order valence-electron chi connectivity index (χ0n) is 19.8. The number of nitrogens with two attached hydrogens (primary N) is 1. The van der Waals surface area contributed by atoms with E-state index in [4.69, 9.17) is 10.5 Å². The summed E-state index contributed by atoms with van der Waals surface area (Å²) in [7, 11) is 0. The molecule has 0 spiro atoms. The van der Waals surface area contributed by atoms with Crippen molar-refractivity contribution < 1.29 is 19.4 Å². The summed E-state index contributed by atoms with van der Waals surface area (Å²) in [6.45, 7) is 8.14. The number of aromatic amines is 1. The topological polar surface area (TPSA) is 112 Å². The first-order chi connectivity index (χ1) is 15.6. The number of nitrogens with zero attached hydrogens (tertiary/aromatic N) is 2. The van der Waals surface area contributed by atoms with Crippen LogP contribution in [0.3, 0.4) is 0 Å². The third-order valence-electron chi connectivity index (χ3n) is 6.99. The normalized spacial score (nSPS) is 20.2. The molecule has 2 fully saturated rings. The Morgan fingerprint density at radius 2 is 1.79 bits per heavy atom. The lowest BCUT2D eigenvalue weighted by atomic mass is 9.84. The molecular formula is C25H36N4O4. The lowest BCUT2D eigenvalue weighted by Gasteiger charge is -2.42. The molecule has 8 heteroatoms. The minimum absolute atomic E-state index is 0.0330. The first-order valence-electron chi connectivity index (χ1n) is 11.9. The van der Waals surface area contributed by atoms with Crippen LogP contribution in [-0.4, -0.2) is 69.8 Å². The Kier molecular flexibility index (Phi) is 6.56. The van der Waals surface area contributed by atoms with Crippen LogP contribution in [0.4, 0.5) is 10.5 Å². The van der Waals surface area contributed by atoms with E-state index in [1.807, 2.05) is 39.0 Å². The highest BCUT2D eigenvalue weighted by molar-refractivity contribution is 5.86. The average molecular weight is 457 g/mol. The van der Waals surface area contributed by atoms with Gasteiger partial charge in [0, 0.05) is 35.9 Å². The van der Waals surface area contributed by atoms with Crippen molar-refractivity contribution in [2.45, 2.75) is 64.0 Å². The summed E-state index contributed by atoms with van der Waals surface area (Å²) in [4.78, 5) is 31.8. The molecule has 180 valence electrons. The van der Waals surface area contributed by atoms with Crippen molar-refractivity contribution in [3.05, 3.63) is 30.0 Å². The van der Waals surface area contributed by atoms with E-state index in [1.165, 1.54) is 5.56 Å². The van der Waals surface area contributed by atoms with Crippen LogP contribution in [0.5, 0.6) is 0 Å². The number of nitrogens with one attached hydrogen (secondary N) is 1. The molecule has 3 heterocycles. The summed E-state index contributed by atoms with van der Waals surface area (Å²) in [5.74, 6) is -0.338. The summed E-state index contributed by atoms with van der Waals surface area (Å²) < 4.78 is 5.47. The van der Waals surface area contributed by atoms with Gasteiger partial charge < -0.3 is 25.5 Å². The van der Waals surface area contributed by atoms with Gasteiger partial charge in [0.05, 0.1) is 0 Å². The molecule has 2 aromatic rings. The molecule has 1 aromatic heterocycles. The molecule has 8 nitrogen and oxygen atoms in total. The van der Waals surface area contributed by atoms with Crippen LogP contribution in [0.15, 0.2) is 24.4 Å². The standard InChI is InChI=1S/C25H36N4O4/c1-25(2,3)33-24(32)29-12-8-17(9-13-29)22(23(30)31)28-10-6-16(7-11-28)20-15-27-21-5-4-18(26)14-19(20)21/h4-5,14-17,22,27H,6-13,26H2,1-3H3,(H,30,31). The lowest BCUT2D eigenvalue weighted by Crippen LogP contribution is -2.52. The molecule has 0 aliphatic carbocycles. The summed E-state index contributed by atoms with van der Waals surface area (Å²) in [5.41, 5.74) is 8.58. The van der Waals surface area contributed by atoms with Gasteiger partial charge in [-0.05, 0) is 95.1 Å². The number of anilines is 1. The lowest BCUT2D eigenvalue weighted by molar-refractivity contribution is -0.147. The molecule has 4 rings (SSSR count). The van der Waals surface area contributed by atoms with Crippen molar-refractivity contribution in [3.63, 3.8) is 0 Å². The van der Waals surface area contributed by atoms with Crippen LogP contribution in [0.25, 0.3) is 10.9 Å². The smallest absolute Gasteiger partial charge is 0.410 e. The second-order valence-corrected chi connectivity index (χ2v) is 10.4. The number of carboxylic acid groups (broad SMARTS) is 1. The van der Waals surface area contributed by atoms with Crippen molar-refractivity contribution in [2.24, 2.45) is 5.92 Å². The number of hydrogen-bond donors (Lipinski definition) is 3. The monoisotopic (exact) mass is 456 g/mol. The first kappa shape index (κ1) is 23.4. The van der Waals surface area contributed by atoms with Crippen LogP contribution in [0.1, 0.15) is 57.9 Å². The number of nitrogen functional groups attached to an aromatic ring is 1. The Hall–Kier alpha value is -2.74. The number of carbonyl (C=O) groups is 2. The number of amides is 1. The van der Waals surface area contributed by atoms with Gasteiger partial charge in [-0.25, -0.2) is 4.79 Å². The van der Waals surface area contributed by atoms with Crippen LogP contribution in [0, 0.1) is 5.92 Å². The number of hydrogen-bond acceptors (Lipinski definition) is 5. The van der Waals surface area contributed by atoms with E-state index in [0.29, 0.717) is 31.8 Å². The fourth-order valence-electron chi connectivity index (χ4n) is 5.37. The Morgan fingerprint density at radius 1 is 1.12 bits per heavy atom. The second-order valence-electron chi connectivity index (χ2n) is 10.4. The second kappa shape index (κ2) is 9.25. The third kappa shape index (κ3) is 5.27. The molecular weight excluding hydrogens is 420 g/mol. The average Bonchev–Trinajstić information content (AvgIpc) is 3.16. The van der Waals surface area contributed by atoms with Gasteiger partial charge in [0.15, 0.2) is 0 Å². The molecule has 1 aromatic carbocycles. The Bertz CT molecular complexity index is 995. The number of aliphatic carboxylic acids is 1. The minimum atomic E-state index is -0.760. The van der Waals surface area contributed by atoms with Gasteiger partial charge in [-0.3, -0.25) is 9.69 Å². The Labute approximate surface area is 195 Å².